The van der Waals surface area contributed by atoms with Gasteiger partial charge in [0.2, 0.25) is 11.9 Å². The Balaban J connectivity index is 1.61. The molecular weight excluding hydrogens is 393 g/mol. The zero-order valence-corrected chi connectivity index (χ0v) is 17.2. The summed E-state index contributed by atoms with van der Waals surface area (Å²) in [5.74, 6) is 1.64. The number of rotatable bonds is 6. The van der Waals surface area contributed by atoms with Crippen LogP contribution in [0.15, 0.2) is 65.4 Å². The van der Waals surface area contributed by atoms with Crippen molar-refractivity contribution < 1.29 is 4.39 Å². The predicted octanol–water partition coefficient (Wildman–Crippen LogP) is 4.52. The highest BCUT2D eigenvalue weighted by Crippen LogP contribution is 2.18. The van der Waals surface area contributed by atoms with Crippen molar-refractivity contribution in [2.45, 2.75) is 19.9 Å². The summed E-state index contributed by atoms with van der Waals surface area (Å²) in [6.45, 7) is 4.69. The van der Waals surface area contributed by atoms with Gasteiger partial charge in [-0.2, -0.15) is 15.0 Å². The number of aromatic nitrogens is 4. The number of nitrogens with one attached hydrogen (secondary N) is 2. The van der Waals surface area contributed by atoms with Gasteiger partial charge in [0.1, 0.15) is 11.7 Å². The molecule has 1 unspecified atom stereocenters. The lowest BCUT2D eigenvalue weighted by Gasteiger charge is -2.15. The molecule has 7 nitrogen and oxygen atoms in total. The summed E-state index contributed by atoms with van der Waals surface area (Å²) in [5.41, 5.74) is 2.93. The van der Waals surface area contributed by atoms with Gasteiger partial charge in [-0.3, -0.25) is 9.98 Å². The summed E-state index contributed by atoms with van der Waals surface area (Å²) in [4.78, 5) is 21.9. The van der Waals surface area contributed by atoms with Gasteiger partial charge in [-0.1, -0.05) is 18.2 Å². The summed E-state index contributed by atoms with van der Waals surface area (Å²) >= 11 is 0. The summed E-state index contributed by atoms with van der Waals surface area (Å²) in [6, 6.07) is 10.2. The summed E-state index contributed by atoms with van der Waals surface area (Å²) < 4.78 is 13.5. The second-order valence-electron chi connectivity index (χ2n) is 7.19. The first-order valence-corrected chi connectivity index (χ1v) is 9.90. The Morgan fingerprint density at radius 3 is 2.58 bits per heavy atom. The second kappa shape index (κ2) is 9.25. The number of anilines is 2. The van der Waals surface area contributed by atoms with Gasteiger partial charge in [0.25, 0.3) is 0 Å². The highest BCUT2D eigenvalue weighted by Gasteiger charge is 2.12. The summed E-state index contributed by atoms with van der Waals surface area (Å²) in [6.07, 6.45) is 8.93. The van der Waals surface area contributed by atoms with Crippen LogP contribution in [0.5, 0.6) is 0 Å². The molecule has 1 aliphatic heterocycles. The normalized spacial score (nSPS) is 14.3. The van der Waals surface area contributed by atoms with Crippen molar-refractivity contribution in [3.05, 3.63) is 83.2 Å². The van der Waals surface area contributed by atoms with Crippen LogP contribution in [0.3, 0.4) is 0 Å². The molecule has 1 aromatic carbocycles. The number of amidine groups is 1. The Morgan fingerprint density at radius 1 is 1.03 bits per heavy atom. The molecule has 2 N–H and O–H groups in total. The Morgan fingerprint density at radius 2 is 1.84 bits per heavy atom. The lowest BCUT2D eigenvalue weighted by Crippen LogP contribution is -2.15. The number of aliphatic imine (C=N–C) groups is 1. The molecule has 0 saturated carbocycles. The largest absolute Gasteiger partial charge is 0.348 e. The molecule has 3 aromatic rings. The third-order valence-corrected chi connectivity index (χ3v) is 4.60. The first kappa shape index (κ1) is 20.3. The first-order valence-electron chi connectivity index (χ1n) is 9.90. The van der Waals surface area contributed by atoms with E-state index in [4.69, 9.17) is 0 Å². The minimum absolute atomic E-state index is 0.0377. The van der Waals surface area contributed by atoms with Crippen molar-refractivity contribution in [3.63, 3.8) is 0 Å². The summed E-state index contributed by atoms with van der Waals surface area (Å²) in [7, 11) is 0. The second-order valence-corrected chi connectivity index (χ2v) is 7.19. The van der Waals surface area contributed by atoms with E-state index < -0.39 is 0 Å². The molecule has 0 fully saturated rings. The Labute approximate surface area is 179 Å². The standard InChI is InChI=1S/C23H22FN7/c1-15-12-21(26-14-15)30-23-29-20(7-6-17-4-3-5-19(24)13-17)28-22(31-23)27-16(2)18-8-10-25-11-9-18/h3-13,16H,14H2,1-2H3,(H2,26,27,28,29,30,31)/b7-6+. The lowest BCUT2D eigenvalue weighted by molar-refractivity contribution is 0.627. The Kier molecular flexibility index (Phi) is 6.07. The van der Waals surface area contributed by atoms with Crippen molar-refractivity contribution in [2.24, 2.45) is 4.99 Å². The van der Waals surface area contributed by atoms with Crippen molar-refractivity contribution in [1.29, 1.82) is 0 Å². The fourth-order valence-electron chi connectivity index (χ4n) is 3.02. The third kappa shape index (κ3) is 5.57. The van der Waals surface area contributed by atoms with Gasteiger partial charge >= 0.3 is 0 Å². The van der Waals surface area contributed by atoms with E-state index >= 15 is 0 Å². The maximum Gasteiger partial charge on any atom is 0.233 e. The first-order chi connectivity index (χ1) is 15.0. The molecule has 2 aromatic heterocycles. The van der Waals surface area contributed by atoms with E-state index in [0.717, 1.165) is 11.1 Å². The van der Waals surface area contributed by atoms with Gasteiger partial charge in [-0.25, -0.2) is 4.39 Å². The van der Waals surface area contributed by atoms with Crippen LogP contribution in [0.4, 0.5) is 16.3 Å². The summed E-state index contributed by atoms with van der Waals surface area (Å²) in [5, 5.41) is 6.44. The van der Waals surface area contributed by atoms with Crippen LogP contribution >= 0.6 is 0 Å². The van der Waals surface area contributed by atoms with Crippen LogP contribution in [0.2, 0.25) is 0 Å². The number of benzene rings is 1. The molecule has 1 aliphatic rings. The van der Waals surface area contributed by atoms with E-state index in [2.05, 4.69) is 35.6 Å². The van der Waals surface area contributed by atoms with Crippen LogP contribution < -0.4 is 10.6 Å². The minimum Gasteiger partial charge on any atom is -0.348 e. The van der Waals surface area contributed by atoms with Gasteiger partial charge in [-0.05, 0) is 67.0 Å². The van der Waals surface area contributed by atoms with Crippen LogP contribution in [0, 0.1) is 5.82 Å². The maximum absolute atomic E-state index is 13.5. The van der Waals surface area contributed by atoms with E-state index in [-0.39, 0.29) is 11.9 Å². The van der Waals surface area contributed by atoms with E-state index in [0.29, 0.717) is 35.7 Å². The zero-order chi connectivity index (χ0) is 21.6. The molecule has 0 spiro atoms. The fourth-order valence-corrected chi connectivity index (χ4v) is 3.02. The number of hydrogen-bond acceptors (Lipinski definition) is 7. The molecule has 1 atom stereocenters. The molecule has 0 bridgehead atoms. The van der Waals surface area contributed by atoms with Crippen LogP contribution in [-0.4, -0.2) is 32.3 Å². The molecule has 8 heteroatoms. The number of hydrogen-bond donors (Lipinski definition) is 2. The lowest BCUT2D eigenvalue weighted by atomic mass is 10.1. The molecule has 156 valence electrons. The molecule has 3 heterocycles. The van der Waals surface area contributed by atoms with Crippen molar-refractivity contribution in [3.8, 4) is 0 Å². The maximum atomic E-state index is 13.5. The highest BCUT2D eigenvalue weighted by molar-refractivity contribution is 6.04. The van der Waals surface area contributed by atoms with Gasteiger partial charge in [-0.15, -0.1) is 0 Å². The molecule has 31 heavy (non-hydrogen) atoms. The Bertz CT molecular complexity index is 1160. The molecular formula is C23H22FN7. The van der Waals surface area contributed by atoms with E-state index in [1.54, 1.807) is 30.6 Å². The quantitative estimate of drug-likeness (QED) is 0.615. The monoisotopic (exact) mass is 415 g/mol. The highest BCUT2D eigenvalue weighted by atomic mass is 19.1. The van der Waals surface area contributed by atoms with Crippen LogP contribution in [-0.2, 0) is 0 Å². The molecule has 0 saturated heterocycles. The minimum atomic E-state index is -0.296. The van der Waals surface area contributed by atoms with Crippen molar-refractivity contribution in [1.82, 2.24) is 19.9 Å². The fraction of sp³-hybridized carbons (Fsp3) is 0.174. The molecule has 0 aliphatic carbocycles. The molecule has 4 rings (SSSR count). The third-order valence-electron chi connectivity index (χ3n) is 4.60. The number of nitrogens with zero attached hydrogens (tertiary/aromatic N) is 5. The van der Waals surface area contributed by atoms with Gasteiger partial charge in [0.05, 0.1) is 12.6 Å². The zero-order valence-electron chi connectivity index (χ0n) is 17.2. The van der Waals surface area contributed by atoms with Crippen LogP contribution in [0.25, 0.3) is 12.2 Å². The van der Waals surface area contributed by atoms with E-state index in [1.807, 2.05) is 38.1 Å². The Hall–Kier alpha value is -3.94. The topological polar surface area (TPSA) is 88.0 Å². The molecule has 0 radical (unpaired) electrons. The predicted molar refractivity (Wildman–Crippen MR) is 121 cm³/mol. The average molecular weight is 415 g/mol. The van der Waals surface area contributed by atoms with Crippen LogP contribution in [0.1, 0.15) is 36.8 Å². The van der Waals surface area contributed by atoms with Crippen molar-refractivity contribution >= 4 is 29.9 Å². The van der Waals surface area contributed by atoms with Gasteiger partial charge in [0.15, 0.2) is 5.82 Å². The average Bonchev–Trinajstić information content (AvgIpc) is 3.17. The van der Waals surface area contributed by atoms with Crippen molar-refractivity contribution in [2.75, 3.05) is 17.2 Å². The number of pyridine rings is 1. The van der Waals surface area contributed by atoms with E-state index in [9.17, 15) is 4.39 Å². The SMILES string of the molecule is CC1=CC(Nc2nc(/C=C/c3cccc(F)c3)nc(NC(C)c3ccncc3)n2)=NC1. The van der Waals surface area contributed by atoms with Gasteiger partial charge < -0.3 is 10.6 Å². The number of halogens is 1. The van der Waals surface area contributed by atoms with Gasteiger partial charge in [0, 0.05) is 12.4 Å². The van der Waals surface area contributed by atoms with E-state index in [1.165, 1.54) is 12.1 Å². The smallest absolute Gasteiger partial charge is 0.233 e. The molecule has 0 amide bonds.